The highest BCUT2D eigenvalue weighted by molar-refractivity contribution is 5.78. The van der Waals surface area contributed by atoms with Crippen molar-refractivity contribution in [3.05, 3.63) is 34.9 Å². The van der Waals surface area contributed by atoms with Crippen LogP contribution < -0.4 is 5.32 Å². The number of carbonyl (C=O) groups excluding carboxylic acids is 1. The number of rotatable bonds is 4. The van der Waals surface area contributed by atoms with Crippen LogP contribution in [-0.4, -0.2) is 19.1 Å². The van der Waals surface area contributed by atoms with Crippen LogP contribution in [0.5, 0.6) is 0 Å². The van der Waals surface area contributed by atoms with Crippen molar-refractivity contribution in [1.82, 2.24) is 5.32 Å². The normalized spacial score (nSPS) is 17.8. The smallest absolute Gasteiger partial charge is 0.327 e. The third-order valence-electron chi connectivity index (χ3n) is 4.28. The second-order valence-corrected chi connectivity index (χ2v) is 5.76. The fourth-order valence-corrected chi connectivity index (χ4v) is 3.17. The molecule has 0 spiro atoms. The van der Waals surface area contributed by atoms with Gasteiger partial charge in [0.25, 0.3) is 0 Å². The Kier molecular flexibility index (Phi) is 5.18. The van der Waals surface area contributed by atoms with Gasteiger partial charge < -0.3 is 4.74 Å². The van der Waals surface area contributed by atoms with E-state index in [0.717, 1.165) is 29.5 Å². The molecule has 1 aromatic rings. The predicted octanol–water partition coefficient (Wildman–Crippen LogP) is 3.44. The number of hydrogen-bond donors (Lipinski definition) is 1. The Morgan fingerprint density at radius 3 is 2.35 bits per heavy atom. The number of methoxy groups -OCH3 is 1. The molecule has 1 fully saturated rings. The Bertz CT molecular complexity index is 444. The van der Waals surface area contributed by atoms with Crippen molar-refractivity contribution in [2.75, 3.05) is 7.11 Å². The first-order chi connectivity index (χ1) is 9.63. The molecule has 0 saturated heterocycles. The van der Waals surface area contributed by atoms with Gasteiger partial charge >= 0.3 is 5.97 Å². The molecule has 3 heteroatoms. The fraction of sp³-hybridized carbons (Fsp3) is 0.588. The Labute approximate surface area is 121 Å². The van der Waals surface area contributed by atoms with E-state index in [1.165, 1.54) is 26.4 Å². The van der Waals surface area contributed by atoms with Gasteiger partial charge in [-0.15, -0.1) is 0 Å². The zero-order valence-corrected chi connectivity index (χ0v) is 12.7. The van der Waals surface area contributed by atoms with E-state index in [0.29, 0.717) is 6.04 Å². The number of hydrogen-bond acceptors (Lipinski definition) is 3. The molecule has 1 aliphatic rings. The van der Waals surface area contributed by atoms with Gasteiger partial charge in [0.05, 0.1) is 7.11 Å². The molecule has 1 aliphatic carbocycles. The van der Waals surface area contributed by atoms with E-state index in [-0.39, 0.29) is 12.0 Å². The van der Waals surface area contributed by atoms with Crippen molar-refractivity contribution in [2.45, 2.75) is 58.0 Å². The summed E-state index contributed by atoms with van der Waals surface area (Å²) in [5.74, 6) is -0.187. The van der Waals surface area contributed by atoms with E-state index in [2.05, 4.69) is 31.3 Å². The summed E-state index contributed by atoms with van der Waals surface area (Å²) < 4.78 is 5.02. The van der Waals surface area contributed by atoms with Crippen molar-refractivity contribution < 1.29 is 9.53 Å². The largest absolute Gasteiger partial charge is 0.468 e. The second kappa shape index (κ2) is 6.89. The highest BCUT2D eigenvalue weighted by Crippen LogP contribution is 2.26. The Morgan fingerprint density at radius 1 is 1.20 bits per heavy atom. The molecule has 0 aromatic heterocycles. The van der Waals surface area contributed by atoms with Crippen molar-refractivity contribution in [2.24, 2.45) is 0 Å². The molecular weight excluding hydrogens is 250 g/mol. The summed E-state index contributed by atoms with van der Waals surface area (Å²) in [6.07, 6.45) is 6.11. The molecule has 0 bridgehead atoms. The van der Waals surface area contributed by atoms with E-state index in [4.69, 9.17) is 4.74 Å². The maximum absolute atomic E-state index is 12.2. The van der Waals surface area contributed by atoms with Gasteiger partial charge in [0.1, 0.15) is 6.04 Å². The average molecular weight is 275 g/mol. The number of aryl methyl sites for hydroxylation is 2. The quantitative estimate of drug-likeness (QED) is 0.855. The highest BCUT2D eigenvalue weighted by Gasteiger charge is 2.27. The molecule has 1 unspecified atom stereocenters. The second-order valence-electron chi connectivity index (χ2n) is 5.76. The maximum atomic E-state index is 12.2. The number of esters is 1. The third kappa shape index (κ3) is 3.40. The van der Waals surface area contributed by atoms with Crippen molar-refractivity contribution in [3.63, 3.8) is 0 Å². The molecule has 0 radical (unpaired) electrons. The standard InChI is InChI=1S/C17H25NO2/c1-12-8-7-9-13(2)15(12)16(17(19)20-3)18-14-10-5-4-6-11-14/h7-9,14,16,18H,4-6,10-11H2,1-3H3. The lowest BCUT2D eigenvalue weighted by Gasteiger charge is -2.29. The molecule has 20 heavy (non-hydrogen) atoms. The first-order valence-electron chi connectivity index (χ1n) is 7.53. The molecular formula is C17H25NO2. The molecule has 3 nitrogen and oxygen atoms in total. The van der Waals surface area contributed by atoms with E-state index < -0.39 is 0 Å². The molecule has 1 N–H and O–H groups in total. The zero-order valence-electron chi connectivity index (χ0n) is 12.7. The lowest BCUT2D eigenvalue weighted by Crippen LogP contribution is -2.39. The van der Waals surface area contributed by atoms with Crippen LogP contribution in [0.3, 0.4) is 0 Å². The van der Waals surface area contributed by atoms with E-state index in [9.17, 15) is 4.79 Å². The lowest BCUT2D eigenvalue weighted by atomic mass is 9.91. The predicted molar refractivity (Wildman–Crippen MR) is 80.7 cm³/mol. The Hall–Kier alpha value is -1.35. The summed E-state index contributed by atoms with van der Waals surface area (Å²) in [4.78, 5) is 12.2. The number of carbonyl (C=O) groups is 1. The summed E-state index contributed by atoms with van der Waals surface area (Å²) in [6, 6.07) is 6.22. The van der Waals surface area contributed by atoms with Crippen molar-refractivity contribution in [1.29, 1.82) is 0 Å². The molecule has 110 valence electrons. The van der Waals surface area contributed by atoms with Gasteiger partial charge in [0.2, 0.25) is 0 Å². The van der Waals surface area contributed by atoms with Gasteiger partial charge in [-0.05, 0) is 43.4 Å². The zero-order chi connectivity index (χ0) is 14.5. The molecule has 0 amide bonds. The number of benzene rings is 1. The minimum atomic E-state index is -0.343. The van der Waals surface area contributed by atoms with Crippen molar-refractivity contribution >= 4 is 5.97 Å². The summed E-state index contributed by atoms with van der Waals surface area (Å²) in [5.41, 5.74) is 3.36. The maximum Gasteiger partial charge on any atom is 0.327 e. The minimum Gasteiger partial charge on any atom is -0.468 e. The summed E-state index contributed by atoms with van der Waals surface area (Å²) in [6.45, 7) is 4.11. The summed E-state index contributed by atoms with van der Waals surface area (Å²) >= 11 is 0. The average Bonchev–Trinajstić information content (AvgIpc) is 2.46. The van der Waals surface area contributed by atoms with Crippen LogP contribution in [-0.2, 0) is 9.53 Å². The van der Waals surface area contributed by atoms with E-state index in [1.807, 2.05) is 6.07 Å². The summed E-state index contributed by atoms with van der Waals surface area (Å²) in [7, 11) is 1.46. The van der Waals surface area contributed by atoms with Gasteiger partial charge in [0.15, 0.2) is 0 Å². The van der Waals surface area contributed by atoms with Crippen LogP contribution in [0.4, 0.5) is 0 Å². The molecule has 0 aliphatic heterocycles. The monoisotopic (exact) mass is 275 g/mol. The molecule has 0 heterocycles. The molecule has 1 saturated carbocycles. The van der Waals surface area contributed by atoms with Gasteiger partial charge in [-0.25, -0.2) is 4.79 Å². The van der Waals surface area contributed by atoms with Crippen LogP contribution in [0.25, 0.3) is 0 Å². The number of ether oxygens (including phenoxy) is 1. The third-order valence-corrected chi connectivity index (χ3v) is 4.28. The van der Waals surface area contributed by atoms with Gasteiger partial charge in [-0.3, -0.25) is 5.32 Å². The first kappa shape index (κ1) is 15.0. The molecule has 1 atom stereocenters. The Balaban J connectivity index is 2.25. The Morgan fingerprint density at radius 2 is 1.80 bits per heavy atom. The topological polar surface area (TPSA) is 38.3 Å². The minimum absolute atomic E-state index is 0.187. The number of nitrogens with one attached hydrogen (secondary N) is 1. The van der Waals surface area contributed by atoms with Gasteiger partial charge in [-0.2, -0.15) is 0 Å². The van der Waals surface area contributed by atoms with Crippen LogP contribution in [0, 0.1) is 13.8 Å². The molecule has 2 rings (SSSR count). The lowest BCUT2D eigenvalue weighted by molar-refractivity contribution is -0.143. The van der Waals surface area contributed by atoms with Crippen molar-refractivity contribution in [3.8, 4) is 0 Å². The van der Waals surface area contributed by atoms with Crippen LogP contribution >= 0.6 is 0 Å². The van der Waals surface area contributed by atoms with Crippen LogP contribution in [0.2, 0.25) is 0 Å². The van der Waals surface area contributed by atoms with Gasteiger partial charge in [-0.1, -0.05) is 37.5 Å². The highest BCUT2D eigenvalue weighted by atomic mass is 16.5. The van der Waals surface area contributed by atoms with Gasteiger partial charge in [0, 0.05) is 6.04 Å². The van der Waals surface area contributed by atoms with E-state index >= 15 is 0 Å². The van der Waals surface area contributed by atoms with E-state index in [1.54, 1.807) is 0 Å². The summed E-state index contributed by atoms with van der Waals surface area (Å²) in [5, 5.41) is 3.53. The van der Waals surface area contributed by atoms with Crippen LogP contribution in [0.1, 0.15) is 54.8 Å². The fourth-order valence-electron chi connectivity index (χ4n) is 3.17. The SMILES string of the molecule is COC(=O)C(NC1CCCCC1)c1c(C)cccc1C. The van der Waals surface area contributed by atoms with Crippen LogP contribution in [0.15, 0.2) is 18.2 Å². The molecule has 1 aromatic carbocycles. The first-order valence-corrected chi connectivity index (χ1v) is 7.53.